The molecular weight excluding hydrogens is 927 g/mol. The van der Waals surface area contributed by atoms with Gasteiger partial charge in [0.05, 0.1) is 30.3 Å². The molecule has 1 aromatic carbocycles. The van der Waals surface area contributed by atoms with E-state index < -0.39 is 116 Å². The van der Waals surface area contributed by atoms with Crippen molar-refractivity contribution in [1.82, 2.24) is 5.32 Å². The number of carbonyl (C=O) groups is 1. The largest absolute Gasteiger partial charge is 0.394 e. The van der Waals surface area contributed by atoms with Gasteiger partial charge in [-0.3, -0.25) is 4.79 Å². The number of rotatable bonds is 12. The van der Waals surface area contributed by atoms with Crippen molar-refractivity contribution in [1.29, 1.82) is 0 Å². The highest BCUT2D eigenvalue weighted by Gasteiger charge is 2.72. The van der Waals surface area contributed by atoms with Crippen LogP contribution in [-0.4, -0.2) is 158 Å². The van der Waals surface area contributed by atoms with E-state index in [1.807, 2.05) is 18.2 Å². The minimum Gasteiger partial charge on any atom is -0.394 e. The fraction of sp³-hybridized carbons (Fsp3) is 0.839. The van der Waals surface area contributed by atoms with Crippen molar-refractivity contribution in [3.63, 3.8) is 0 Å². The van der Waals surface area contributed by atoms with Crippen molar-refractivity contribution >= 4 is 5.91 Å². The summed E-state index contributed by atoms with van der Waals surface area (Å²) in [6, 6.07) is 10.4. The Morgan fingerprint density at radius 1 is 0.667 bits per heavy atom. The van der Waals surface area contributed by atoms with Crippen LogP contribution in [0.3, 0.4) is 0 Å². The van der Waals surface area contributed by atoms with Gasteiger partial charge in [-0.1, -0.05) is 77.1 Å². The lowest BCUT2D eigenvalue weighted by molar-refractivity contribution is -0.393. The van der Waals surface area contributed by atoms with E-state index in [9.17, 15) is 45.6 Å². The second-order valence-corrected chi connectivity index (χ2v) is 25.1. The molecule has 0 unspecified atom stereocenters. The molecule has 0 radical (unpaired) electrons. The normalized spacial score (nSPS) is 51.0. The number of carbonyl (C=O) groups excluding carboxylic acids is 1. The quantitative estimate of drug-likeness (QED) is 0.107. The molecule has 0 aromatic heterocycles. The molecule has 3 aliphatic heterocycles. The number of ether oxygens (including phenoxy) is 6. The minimum absolute atomic E-state index is 0.00792. The van der Waals surface area contributed by atoms with Gasteiger partial charge in [-0.25, -0.2) is 0 Å². The van der Waals surface area contributed by atoms with Crippen LogP contribution in [0.5, 0.6) is 0 Å². The summed E-state index contributed by atoms with van der Waals surface area (Å²) in [5.74, 6) is 1.80. The smallest absolute Gasteiger partial charge is 0.226 e. The molecule has 3 heterocycles. The summed E-state index contributed by atoms with van der Waals surface area (Å²) in [5.41, 5.74) is 1.54. The van der Waals surface area contributed by atoms with Crippen LogP contribution in [0.1, 0.15) is 125 Å². The molecule has 0 bridgehead atoms. The van der Waals surface area contributed by atoms with Crippen LogP contribution in [0, 0.1) is 56.7 Å². The predicted molar refractivity (Wildman–Crippen MR) is 263 cm³/mol. The Bertz CT molecular complexity index is 2080. The molecule has 5 aliphatic carbocycles. The van der Waals surface area contributed by atoms with Gasteiger partial charge in [-0.05, 0) is 148 Å². The molecule has 406 valence electrons. The van der Waals surface area contributed by atoms with Crippen molar-refractivity contribution in [2.75, 3.05) is 13.2 Å². The first kappa shape index (κ1) is 54.7. The van der Waals surface area contributed by atoms with Gasteiger partial charge in [0.1, 0.15) is 61.0 Å². The van der Waals surface area contributed by atoms with Gasteiger partial charge < -0.3 is 74.6 Å². The van der Waals surface area contributed by atoms with Crippen molar-refractivity contribution in [2.45, 2.75) is 224 Å². The maximum absolute atomic E-state index is 14.7. The van der Waals surface area contributed by atoms with Crippen LogP contribution >= 0.6 is 0 Å². The number of amides is 1. The Labute approximate surface area is 426 Å². The fourth-order valence-electron chi connectivity index (χ4n) is 17.1. The van der Waals surface area contributed by atoms with E-state index in [1.165, 1.54) is 25.0 Å². The summed E-state index contributed by atoms with van der Waals surface area (Å²) >= 11 is 0. The Morgan fingerprint density at radius 2 is 1.29 bits per heavy atom. The van der Waals surface area contributed by atoms with E-state index in [-0.39, 0.29) is 34.0 Å². The molecule has 16 heteroatoms. The summed E-state index contributed by atoms with van der Waals surface area (Å²) < 4.78 is 37.5. The lowest BCUT2D eigenvalue weighted by Gasteiger charge is -2.73. The summed E-state index contributed by atoms with van der Waals surface area (Å²) in [7, 11) is 0. The number of benzene rings is 1. The molecule has 0 spiro atoms. The molecule has 3 saturated heterocycles. The third-order valence-corrected chi connectivity index (χ3v) is 21.3. The number of nitrogens with one attached hydrogen (secondary N) is 1. The summed E-state index contributed by atoms with van der Waals surface area (Å²) in [5, 5.41) is 90.6. The Hall–Kier alpha value is -2.13. The lowest BCUT2D eigenvalue weighted by atomic mass is 9.32. The number of allylic oxidation sites excluding steroid dienone is 1. The third-order valence-electron chi connectivity index (χ3n) is 21.3. The molecule has 16 nitrogen and oxygen atoms in total. The van der Waals surface area contributed by atoms with Gasteiger partial charge >= 0.3 is 0 Å². The molecule has 9 N–H and O–H groups in total. The Kier molecular flexibility index (Phi) is 15.4. The SMILES string of the molecule is C=C(C)[C@@H]1CC[C@]2(C(=O)NCCc3ccccc3)CC[C@]3(C)[C@H](CC[C@@H]4[C@@]5(C)CC[C@H](O[C@@H]6O[C@H](CO)[C@@H](O[C@@H]7O[C@@H](C)[C@H](O)[C@@H](O)[C@H]7O)[C@H](O)[C@H]6O[C@@H]6O[C@@H](C)[C@H](O)[C@@H](O)[C@H]6O)C(C)(C)[C@@H]5CC[C@]43C)[C@@H]12. The number of aliphatic hydroxyl groups excluding tert-OH is 8. The Morgan fingerprint density at radius 3 is 1.90 bits per heavy atom. The highest BCUT2D eigenvalue weighted by atomic mass is 16.8. The minimum atomic E-state index is -1.73. The van der Waals surface area contributed by atoms with Crippen molar-refractivity contribution < 1.29 is 74.1 Å². The number of hydrogen-bond acceptors (Lipinski definition) is 15. The first-order valence-corrected chi connectivity index (χ1v) is 27.2. The highest BCUT2D eigenvalue weighted by molar-refractivity contribution is 5.84. The van der Waals surface area contributed by atoms with Crippen LogP contribution in [0.2, 0.25) is 0 Å². The van der Waals surface area contributed by atoms with Crippen molar-refractivity contribution in [3.05, 3.63) is 48.0 Å². The third kappa shape index (κ3) is 8.88. The van der Waals surface area contributed by atoms with Crippen molar-refractivity contribution in [2.24, 2.45) is 56.7 Å². The van der Waals surface area contributed by atoms with E-state index in [1.54, 1.807) is 0 Å². The van der Waals surface area contributed by atoms with Crippen LogP contribution in [0.4, 0.5) is 0 Å². The standard InChI is InChI=1S/C56H87NO15/c1-28(2)32-17-23-56(51(66)57-26-20-31-13-11-10-12-14-31)25-24-54(8)33(38(32)56)15-16-36-53(7)21-19-37(52(5,6)35(53)18-22-55(36,54)9)70-50-47(72-49-44(64)42(62)40(60)30(4)68-49)45(65)46(34(27-58)69-50)71-48-43(63)41(61)39(59)29(3)67-48/h10-14,29-30,32-50,58-65H,1,15-27H2,2-9H3,(H,57,66)/t29-,30-,32-,33+,34+,35-,36+,37-,38+,39-,40-,41+,42+,43+,44+,45-,46+,47+,48-,49-,50-,53-,54+,55+,56-/m0/s1. The maximum Gasteiger partial charge on any atom is 0.226 e. The van der Waals surface area contributed by atoms with E-state index in [2.05, 4.69) is 65.6 Å². The van der Waals surface area contributed by atoms with E-state index in [0.29, 0.717) is 30.7 Å². The predicted octanol–water partition coefficient (Wildman–Crippen LogP) is 3.89. The molecule has 5 saturated carbocycles. The second-order valence-electron chi connectivity index (χ2n) is 25.1. The zero-order valence-corrected chi connectivity index (χ0v) is 43.8. The van der Waals surface area contributed by atoms with E-state index in [0.717, 1.165) is 64.2 Å². The van der Waals surface area contributed by atoms with Gasteiger partial charge in [0, 0.05) is 6.54 Å². The molecule has 9 rings (SSSR count). The number of aliphatic hydroxyl groups is 8. The summed E-state index contributed by atoms with van der Waals surface area (Å²) in [6.45, 7) is 21.8. The first-order chi connectivity index (χ1) is 33.9. The van der Waals surface area contributed by atoms with Gasteiger partial charge in [0.2, 0.25) is 5.91 Å². The molecule has 8 fully saturated rings. The molecule has 8 aliphatic rings. The van der Waals surface area contributed by atoms with Crippen LogP contribution in [0.15, 0.2) is 42.5 Å². The molecule has 72 heavy (non-hydrogen) atoms. The maximum atomic E-state index is 14.7. The number of hydrogen-bond donors (Lipinski definition) is 9. The van der Waals surface area contributed by atoms with Crippen LogP contribution in [0.25, 0.3) is 0 Å². The van der Waals surface area contributed by atoms with Gasteiger partial charge in [0.15, 0.2) is 18.9 Å². The summed E-state index contributed by atoms with van der Waals surface area (Å²) in [6.07, 6.45) is -12.0. The Balaban J connectivity index is 0.950. The monoisotopic (exact) mass is 1010 g/mol. The molecule has 1 aromatic rings. The van der Waals surface area contributed by atoms with E-state index in [4.69, 9.17) is 28.4 Å². The average Bonchev–Trinajstić information content (AvgIpc) is 3.75. The zero-order chi connectivity index (χ0) is 52.0. The summed E-state index contributed by atoms with van der Waals surface area (Å²) in [4.78, 5) is 14.7. The topological polar surface area (TPSA) is 246 Å². The fourth-order valence-corrected chi connectivity index (χ4v) is 17.1. The number of fused-ring (bicyclic) bond motifs is 7. The van der Waals surface area contributed by atoms with Crippen molar-refractivity contribution in [3.8, 4) is 0 Å². The molecule has 25 atom stereocenters. The van der Waals surface area contributed by atoms with Crippen LogP contribution in [-0.2, 0) is 39.6 Å². The van der Waals surface area contributed by atoms with E-state index >= 15 is 0 Å². The lowest BCUT2D eigenvalue weighted by Crippen LogP contribution is -2.68. The van der Waals surface area contributed by atoms with Gasteiger partial charge in [-0.2, -0.15) is 0 Å². The molecule has 1 amide bonds. The van der Waals surface area contributed by atoms with Gasteiger partial charge in [-0.15, -0.1) is 0 Å². The molecular formula is C56H87NO15. The first-order valence-electron chi connectivity index (χ1n) is 27.2. The zero-order valence-electron chi connectivity index (χ0n) is 43.8. The second kappa shape index (κ2) is 20.3. The van der Waals surface area contributed by atoms with Gasteiger partial charge in [0.25, 0.3) is 0 Å². The average molecular weight is 1010 g/mol. The highest BCUT2D eigenvalue weighted by Crippen LogP contribution is 2.77. The van der Waals surface area contributed by atoms with Crippen LogP contribution < -0.4 is 5.32 Å².